The maximum absolute atomic E-state index is 13.1. The lowest BCUT2D eigenvalue weighted by atomic mass is 9.88. The quantitative estimate of drug-likeness (QED) is 0.739. The Balaban J connectivity index is 1.55. The smallest absolute Gasteiger partial charge is 0.263 e. The lowest BCUT2D eigenvalue weighted by Gasteiger charge is -2.35. The van der Waals surface area contributed by atoms with Crippen LogP contribution < -0.4 is 14.4 Å². The van der Waals surface area contributed by atoms with Crippen molar-refractivity contribution in [3.8, 4) is 5.75 Å². The zero-order chi connectivity index (χ0) is 22.0. The number of hydrogen-bond donors (Lipinski definition) is 1. The van der Waals surface area contributed by atoms with Crippen molar-refractivity contribution in [2.24, 2.45) is 0 Å². The number of sulfonamides is 1. The zero-order valence-corrected chi connectivity index (χ0v) is 19.0. The first kappa shape index (κ1) is 21.7. The monoisotopic (exact) mass is 442 g/mol. The standard InChI is InChI=1S/C24H30N2O4S/c1-3-20(19-14-13-17-9-5-6-10-18(17)15-19)25-24(27)23-16-26(31(28,29)4-2)21-11-7-8-12-22(21)30-23/h7-8,11-15,20,23H,3-6,9-10,16H2,1-2H3,(H,25,27)/t20-,23+/m1/s1. The van der Waals surface area contributed by atoms with Crippen molar-refractivity contribution >= 4 is 21.6 Å². The molecule has 6 nitrogen and oxygen atoms in total. The average Bonchev–Trinajstić information content (AvgIpc) is 2.81. The Kier molecular flexibility index (Phi) is 6.23. The van der Waals surface area contributed by atoms with Crippen LogP contribution in [-0.4, -0.2) is 32.7 Å². The fraction of sp³-hybridized carbons (Fsp3) is 0.458. The van der Waals surface area contributed by atoms with Gasteiger partial charge in [0.1, 0.15) is 5.75 Å². The van der Waals surface area contributed by atoms with Crippen LogP contribution in [0.15, 0.2) is 42.5 Å². The molecule has 0 saturated heterocycles. The summed E-state index contributed by atoms with van der Waals surface area (Å²) < 4.78 is 32.5. The number of carbonyl (C=O) groups is 1. The van der Waals surface area contributed by atoms with Gasteiger partial charge in [0, 0.05) is 0 Å². The van der Waals surface area contributed by atoms with Crippen LogP contribution in [0.2, 0.25) is 0 Å². The molecule has 1 N–H and O–H groups in total. The number of para-hydroxylation sites is 2. The van der Waals surface area contributed by atoms with Crippen LogP contribution in [0.3, 0.4) is 0 Å². The van der Waals surface area contributed by atoms with Crippen molar-refractivity contribution in [2.45, 2.75) is 58.1 Å². The van der Waals surface area contributed by atoms with E-state index in [2.05, 4.69) is 23.5 Å². The van der Waals surface area contributed by atoms with E-state index in [0.717, 1.165) is 24.8 Å². The summed E-state index contributed by atoms with van der Waals surface area (Å²) in [6.07, 6.45) is 4.48. The molecule has 7 heteroatoms. The molecule has 2 aliphatic rings. The van der Waals surface area contributed by atoms with Gasteiger partial charge in [0.25, 0.3) is 5.91 Å². The maximum atomic E-state index is 13.1. The van der Waals surface area contributed by atoms with E-state index in [-0.39, 0.29) is 24.2 Å². The van der Waals surface area contributed by atoms with Gasteiger partial charge >= 0.3 is 0 Å². The van der Waals surface area contributed by atoms with Gasteiger partial charge in [-0.25, -0.2) is 8.42 Å². The molecule has 1 aliphatic heterocycles. The van der Waals surface area contributed by atoms with Crippen molar-refractivity contribution in [1.82, 2.24) is 5.32 Å². The predicted molar refractivity (Wildman–Crippen MR) is 122 cm³/mol. The van der Waals surface area contributed by atoms with Gasteiger partial charge in [-0.05, 0) is 67.9 Å². The molecule has 0 aromatic heterocycles. The first-order valence-corrected chi connectivity index (χ1v) is 12.7. The molecular formula is C24H30N2O4S. The molecule has 1 heterocycles. The van der Waals surface area contributed by atoms with Crippen molar-refractivity contribution in [2.75, 3.05) is 16.6 Å². The molecule has 0 saturated carbocycles. The summed E-state index contributed by atoms with van der Waals surface area (Å²) in [5.41, 5.74) is 4.35. The second-order valence-corrected chi connectivity index (χ2v) is 10.4. The molecule has 166 valence electrons. The normalized spacial score (nSPS) is 19.0. The number of aryl methyl sites for hydroxylation is 2. The highest BCUT2D eigenvalue weighted by Gasteiger charge is 2.36. The molecule has 0 unspecified atom stereocenters. The van der Waals surface area contributed by atoms with E-state index in [1.54, 1.807) is 31.2 Å². The average molecular weight is 443 g/mol. The second kappa shape index (κ2) is 8.91. The molecule has 0 bridgehead atoms. The van der Waals surface area contributed by atoms with Crippen LogP contribution >= 0.6 is 0 Å². The minimum atomic E-state index is -3.52. The lowest BCUT2D eigenvalue weighted by Crippen LogP contribution is -2.51. The third-order valence-corrected chi connectivity index (χ3v) is 7.97. The van der Waals surface area contributed by atoms with Crippen LogP contribution in [0.25, 0.3) is 0 Å². The number of anilines is 1. The molecule has 4 rings (SSSR count). The third-order valence-electron chi connectivity index (χ3n) is 6.23. The largest absolute Gasteiger partial charge is 0.476 e. The summed E-state index contributed by atoms with van der Waals surface area (Å²) in [5.74, 6) is 0.0747. The molecule has 2 aromatic rings. The van der Waals surface area contributed by atoms with Gasteiger partial charge in [-0.2, -0.15) is 0 Å². The number of amides is 1. The Morgan fingerprint density at radius 3 is 2.61 bits per heavy atom. The van der Waals surface area contributed by atoms with Crippen LogP contribution in [0, 0.1) is 0 Å². The van der Waals surface area contributed by atoms with E-state index in [0.29, 0.717) is 11.4 Å². The third kappa shape index (κ3) is 4.42. The second-order valence-electron chi connectivity index (χ2n) is 8.21. The zero-order valence-electron chi connectivity index (χ0n) is 18.1. The van der Waals surface area contributed by atoms with E-state index < -0.39 is 16.1 Å². The van der Waals surface area contributed by atoms with Crippen molar-refractivity contribution in [1.29, 1.82) is 0 Å². The maximum Gasteiger partial charge on any atom is 0.263 e. The first-order valence-electron chi connectivity index (χ1n) is 11.1. The van der Waals surface area contributed by atoms with Crippen LogP contribution in [0.1, 0.15) is 55.8 Å². The van der Waals surface area contributed by atoms with E-state index in [4.69, 9.17) is 4.74 Å². The predicted octanol–water partition coefficient (Wildman–Crippen LogP) is 3.75. The summed E-state index contributed by atoms with van der Waals surface area (Å²) in [6.45, 7) is 3.61. The Morgan fingerprint density at radius 1 is 1.13 bits per heavy atom. The highest BCUT2D eigenvalue weighted by molar-refractivity contribution is 7.92. The van der Waals surface area contributed by atoms with Gasteiger partial charge in [0.05, 0.1) is 24.0 Å². The van der Waals surface area contributed by atoms with Gasteiger partial charge in [-0.15, -0.1) is 0 Å². The van der Waals surface area contributed by atoms with Gasteiger partial charge < -0.3 is 10.1 Å². The fourth-order valence-corrected chi connectivity index (χ4v) is 5.54. The number of nitrogens with one attached hydrogen (secondary N) is 1. The Bertz CT molecular complexity index is 1070. The van der Waals surface area contributed by atoms with Gasteiger partial charge in [0.2, 0.25) is 10.0 Å². The summed E-state index contributed by atoms with van der Waals surface area (Å²) in [7, 11) is -3.52. The Morgan fingerprint density at radius 2 is 1.87 bits per heavy atom. The molecule has 0 spiro atoms. The van der Waals surface area contributed by atoms with Crippen molar-refractivity contribution in [3.63, 3.8) is 0 Å². The van der Waals surface area contributed by atoms with E-state index in [1.807, 2.05) is 6.92 Å². The van der Waals surface area contributed by atoms with Crippen LogP contribution in [0.4, 0.5) is 5.69 Å². The van der Waals surface area contributed by atoms with Gasteiger partial charge in [-0.3, -0.25) is 9.10 Å². The fourth-order valence-electron chi connectivity index (χ4n) is 4.41. The number of nitrogens with zero attached hydrogens (tertiary/aromatic N) is 1. The minimum Gasteiger partial charge on any atom is -0.476 e. The van der Waals surface area contributed by atoms with Crippen molar-refractivity contribution < 1.29 is 17.9 Å². The van der Waals surface area contributed by atoms with Crippen LogP contribution in [-0.2, 0) is 27.7 Å². The van der Waals surface area contributed by atoms with E-state index in [9.17, 15) is 13.2 Å². The molecule has 2 atom stereocenters. The highest BCUT2D eigenvalue weighted by Crippen LogP contribution is 2.35. The molecule has 0 fully saturated rings. The number of rotatable bonds is 6. The first-order chi connectivity index (χ1) is 14.9. The molecule has 2 aromatic carbocycles. The lowest BCUT2D eigenvalue weighted by molar-refractivity contribution is -0.128. The molecule has 1 aliphatic carbocycles. The minimum absolute atomic E-state index is 0.0281. The van der Waals surface area contributed by atoms with E-state index in [1.165, 1.54) is 28.3 Å². The number of hydrogen-bond acceptors (Lipinski definition) is 4. The molecular weight excluding hydrogens is 412 g/mol. The number of benzene rings is 2. The SMILES string of the molecule is CC[C@@H](NC(=O)[C@@H]1CN(S(=O)(=O)CC)c2ccccc2O1)c1ccc2c(c1)CCCC2. The molecule has 1 amide bonds. The highest BCUT2D eigenvalue weighted by atomic mass is 32.2. The van der Waals surface area contributed by atoms with Gasteiger partial charge in [0.15, 0.2) is 6.10 Å². The molecule has 31 heavy (non-hydrogen) atoms. The van der Waals surface area contributed by atoms with E-state index >= 15 is 0 Å². The summed E-state index contributed by atoms with van der Waals surface area (Å²) in [5, 5.41) is 3.09. The number of fused-ring (bicyclic) bond motifs is 2. The van der Waals surface area contributed by atoms with Gasteiger partial charge in [-0.1, -0.05) is 37.3 Å². The summed E-state index contributed by atoms with van der Waals surface area (Å²) >= 11 is 0. The number of carbonyl (C=O) groups excluding carboxylic acids is 1. The Hall–Kier alpha value is -2.54. The summed E-state index contributed by atoms with van der Waals surface area (Å²) in [4.78, 5) is 13.1. The number of ether oxygens (including phenoxy) is 1. The van der Waals surface area contributed by atoms with Crippen molar-refractivity contribution in [3.05, 3.63) is 59.2 Å². The molecule has 0 radical (unpaired) electrons. The summed E-state index contributed by atoms with van der Waals surface area (Å²) in [6, 6.07) is 13.3. The van der Waals surface area contributed by atoms with Crippen LogP contribution in [0.5, 0.6) is 5.75 Å². The Labute approximate surface area is 184 Å². The topological polar surface area (TPSA) is 75.7 Å².